The molecule has 1 N–H and O–H groups in total. The second-order valence-corrected chi connectivity index (χ2v) is 7.85. The summed E-state index contributed by atoms with van der Waals surface area (Å²) >= 11 is 0. The molecule has 31 heavy (non-hydrogen) atoms. The number of nitrogens with zero attached hydrogens (tertiary/aromatic N) is 3. The average Bonchev–Trinajstić information content (AvgIpc) is 3.06. The van der Waals surface area contributed by atoms with Crippen LogP contribution < -0.4 is 10.2 Å². The number of amides is 1. The fraction of sp³-hybridized carbons (Fsp3) is 0.391. The molecule has 3 aromatic rings. The summed E-state index contributed by atoms with van der Waals surface area (Å²) in [4.78, 5) is 36.1. The summed E-state index contributed by atoms with van der Waals surface area (Å²) in [6, 6.07) is 6.87. The number of para-hydroxylation sites is 1. The van der Waals surface area contributed by atoms with Gasteiger partial charge in [-0.25, -0.2) is 9.78 Å². The van der Waals surface area contributed by atoms with Gasteiger partial charge in [-0.1, -0.05) is 12.1 Å². The zero-order valence-corrected chi connectivity index (χ0v) is 18.2. The SMILES string of the molecule is COC(=O)c1ccccc1NC(=O)C1CCN(c2nc(C)nc3oc(C)c(C)c23)CC1. The molecule has 0 unspecified atom stereocenters. The summed E-state index contributed by atoms with van der Waals surface area (Å²) in [6.07, 6.45) is 1.37. The predicted molar refractivity (Wildman–Crippen MR) is 117 cm³/mol. The standard InChI is InChI=1S/C23H26N4O4/c1-13-14(2)31-22-19(13)20(24-15(3)25-22)27-11-9-16(10-12-27)21(28)26-18-8-6-5-7-17(18)23(29)30-4/h5-8,16H,9-12H2,1-4H3,(H,26,28). The lowest BCUT2D eigenvalue weighted by molar-refractivity contribution is -0.120. The average molecular weight is 422 g/mol. The molecule has 0 saturated carbocycles. The third-order valence-corrected chi connectivity index (χ3v) is 5.88. The van der Waals surface area contributed by atoms with Gasteiger partial charge in [-0.15, -0.1) is 0 Å². The highest BCUT2D eigenvalue weighted by atomic mass is 16.5. The summed E-state index contributed by atoms with van der Waals surface area (Å²) < 4.78 is 10.6. The molecular formula is C23H26N4O4. The van der Waals surface area contributed by atoms with Crippen LogP contribution in [0.2, 0.25) is 0 Å². The van der Waals surface area contributed by atoms with E-state index in [1.807, 2.05) is 20.8 Å². The minimum atomic E-state index is -0.473. The van der Waals surface area contributed by atoms with Gasteiger partial charge < -0.3 is 19.4 Å². The van der Waals surface area contributed by atoms with E-state index in [1.54, 1.807) is 24.3 Å². The van der Waals surface area contributed by atoms with Crippen molar-refractivity contribution < 1.29 is 18.7 Å². The zero-order chi connectivity index (χ0) is 22.1. The van der Waals surface area contributed by atoms with Gasteiger partial charge in [0.25, 0.3) is 0 Å². The van der Waals surface area contributed by atoms with E-state index in [4.69, 9.17) is 9.15 Å². The molecule has 1 amide bonds. The fourth-order valence-electron chi connectivity index (χ4n) is 4.03. The van der Waals surface area contributed by atoms with Gasteiger partial charge in [-0.05, 0) is 45.7 Å². The van der Waals surface area contributed by atoms with E-state index in [2.05, 4.69) is 20.2 Å². The van der Waals surface area contributed by atoms with Crippen LogP contribution in [0.4, 0.5) is 11.5 Å². The molecule has 8 nitrogen and oxygen atoms in total. The number of aromatic nitrogens is 2. The second kappa shape index (κ2) is 8.37. The number of fused-ring (bicyclic) bond motifs is 1. The topological polar surface area (TPSA) is 97.6 Å². The van der Waals surface area contributed by atoms with Crippen molar-refractivity contribution in [2.45, 2.75) is 33.6 Å². The molecule has 1 aromatic carbocycles. The van der Waals surface area contributed by atoms with Crippen LogP contribution in [0.15, 0.2) is 28.7 Å². The van der Waals surface area contributed by atoms with E-state index >= 15 is 0 Å². The van der Waals surface area contributed by atoms with Gasteiger partial charge in [0.2, 0.25) is 11.6 Å². The quantitative estimate of drug-likeness (QED) is 0.639. The van der Waals surface area contributed by atoms with Gasteiger partial charge in [-0.2, -0.15) is 4.98 Å². The van der Waals surface area contributed by atoms with Crippen LogP contribution in [0.3, 0.4) is 0 Å². The molecule has 162 valence electrons. The van der Waals surface area contributed by atoms with Crippen LogP contribution in [-0.2, 0) is 9.53 Å². The maximum atomic E-state index is 12.9. The van der Waals surface area contributed by atoms with Crippen LogP contribution in [0.1, 0.15) is 40.3 Å². The molecule has 2 aromatic heterocycles. The molecule has 4 rings (SSSR count). The van der Waals surface area contributed by atoms with Crippen molar-refractivity contribution in [1.82, 2.24) is 9.97 Å². The Balaban J connectivity index is 1.48. The van der Waals surface area contributed by atoms with Crippen molar-refractivity contribution in [3.05, 3.63) is 47.0 Å². The first-order chi connectivity index (χ1) is 14.9. The minimum absolute atomic E-state index is 0.0876. The number of furan rings is 1. The van der Waals surface area contributed by atoms with E-state index in [1.165, 1.54) is 7.11 Å². The van der Waals surface area contributed by atoms with Crippen molar-refractivity contribution in [3.63, 3.8) is 0 Å². The number of aryl methyl sites for hydroxylation is 3. The third-order valence-electron chi connectivity index (χ3n) is 5.88. The molecule has 0 radical (unpaired) electrons. The number of hydrogen-bond donors (Lipinski definition) is 1. The largest absolute Gasteiger partial charge is 0.465 e. The van der Waals surface area contributed by atoms with Gasteiger partial charge in [0, 0.05) is 24.6 Å². The molecule has 0 bridgehead atoms. The number of piperidine rings is 1. The number of ether oxygens (including phenoxy) is 1. The molecule has 0 aliphatic carbocycles. The highest BCUT2D eigenvalue weighted by Crippen LogP contribution is 2.33. The van der Waals surface area contributed by atoms with Crippen molar-refractivity contribution >= 4 is 34.5 Å². The number of carbonyl (C=O) groups excluding carboxylic acids is 2. The molecule has 0 atom stereocenters. The minimum Gasteiger partial charge on any atom is -0.465 e. The maximum absolute atomic E-state index is 12.9. The lowest BCUT2D eigenvalue weighted by atomic mass is 9.95. The number of anilines is 2. The summed E-state index contributed by atoms with van der Waals surface area (Å²) in [7, 11) is 1.33. The Labute approximate surface area is 180 Å². The van der Waals surface area contributed by atoms with Crippen LogP contribution >= 0.6 is 0 Å². The van der Waals surface area contributed by atoms with Gasteiger partial charge >= 0.3 is 5.97 Å². The fourth-order valence-corrected chi connectivity index (χ4v) is 4.03. The summed E-state index contributed by atoms with van der Waals surface area (Å²) in [6.45, 7) is 7.20. The molecule has 1 fully saturated rings. The van der Waals surface area contributed by atoms with Crippen molar-refractivity contribution in [1.29, 1.82) is 0 Å². The Bertz CT molecular complexity index is 1150. The van der Waals surface area contributed by atoms with Crippen LogP contribution in [0, 0.1) is 26.7 Å². The summed E-state index contributed by atoms with van der Waals surface area (Å²) in [5, 5.41) is 3.84. The molecule has 8 heteroatoms. The van der Waals surface area contributed by atoms with E-state index < -0.39 is 5.97 Å². The van der Waals surface area contributed by atoms with E-state index in [9.17, 15) is 9.59 Å². The number of rotatable bonds is 4. The van der Waals surface area contributed by atoms with Crippen LogP contribution in [-0.4, -0.2) is 42.0 Å². The van der Waals surface area contributed by atoms with E-state index in [0.717, 1.165) is 22.5 Å². The molecular weight excluding hydrogens is 396 g/mol. The summed E-state index contributed by atoms with van der Waals surface area (Å²) in [5.41, 5.74) is 2.47. The van der Waals surface area contributed by atoms with Crippen LogP contribution in [0.25, 0.3) is 11.1 Å². The van der Waals surface area contributed by atoms with Crippen LogP contribution in [0.5, 0.6) is 0 Å². The van der Waals surface area contributed by atoms with Gasteiger partial charge in [0.1, 0.15) is 17.4 Å². The number of hydrogen-bond acceptors (Lipinski definition) is 7. The van der Waals surface area contributed by atoms with E-state index in [-0.39, 0.29) is 11.8 Å². The number of benzene rings is 1. The third kappa shape index (κ3) is 3.97. The first-order valence-corrected chi connectivity index (χ1v) is 10.4. The molecule has 1 saturated heterocycles. The van der Waals surface area contributed by atoms with E-state index in [0.29, 0.717) is 48.7 Å². The maximum Gasteiger partial charge on any atom is 0.339 e. The predicted octanol–water partition coefficient (Wildman–Crippen LogP) is 3.79. The first kappa shape index (κ1) is 20.8. The highest BCUT2D eigenvalue weighted by molar-refractivity contribution is 6.02. The Kier molecular flexibility index (Phi) is 5.63. The Morgan fingerprint density at radius 2 is 1.84 bits per heavy atom. The summed E-state index contributed by atoms with van der Waals surface area (Å²) in [5.74, 6) is 1.67. The highest BCUT2D eigenvalue weighted by Gasteiger charge is 2.28. The Morgan fingerprint density at radius 1 is 1.13 bits per heavy atom. The molecule has 0 spiro atoms. The van der Waals surface area contributed by atoms with Gasteiger partial charge in [0.15, 0.2) is 0 Å². The number of methoxy groups -OCH3 is 1. The molecule has 1 aliphatic rings. The monoisotopic (exact) mass is 422 g/mol. The number of carbonyl (C=O) groups is 2. The Hall–Kier alpha value is -3.42. The lowest BCUT2D eigenvalue weighted by Gasteiger charge is -2.32. The smallest absolute Gasteiger partial charge is 0.339 e. The normalized spacial score (nSPS) is 14.6. The second-order valence-electron chi connectivity index (χ2n) is 7.85. The van der Waals surface area contributed by atoms with Crippen molar-refractivity contribution in [2.75, 3.05) is 30.4 Å². The lowest BCUT2D eigenvalue weighted by Crippen LogP contribution is -2.39. The number of esters is 1. The Morgan fingerprint density at radius 3 is 2.55 bits per heavy atom. The first-order valence-electron chi connectivity index (χ1n) is 10.4. The van der Waals surface area contributed by atoms with Crippen molar-refractivity contribution in [3.8, 4) is 0 Å². The van der Waals surface area contributed by atoms with Gasteiger partial charge in [0.05, 0.1) is 23.7 Å². The van der Waals surface area contributed by atoms with Crippen molar-refractivity contribution in [2.24, 2.45) is 5.92 Å². The van der Waals surface area contributed by atoms with Gasteiger partial charge in [-0.3, -0.25) is 4.79 Å². The number of nitrogens with one attached hydrogen (secondary N) is 1. The molecule has 1 aliphatic heterocycles. The molecule has 3 heterocycles. The zero-order valence-electron chi connectivity index (χ0n) is 18.2.